The number of hydrogen-bond acceptors (Lipinski definition) is 4. The summed E-state index contributed by atoms with van der Waals surface area (Å²) in [5.74, 6) is 0.779. The van der Waals surface area contributed by atoms with Crippen molar-refractivity contribution in [2.45, 2.75) is 25.0 Å². The number of fused-ring (bicyclic) bond motifs is 1. The summed E-state index contributed by atoms with van der Waals surface area (Å²) >= 11 is 0. The number of rotatable bonds is 1. The zero-order valence-electron chi connectivity index (χ0n) is 8.85. The Morgan fingerprint density at radius 3 is 3.19 bits per heavy atom. The zero-order chi connectivity index (χ0) is 11.0. The second-order valence-electron chi connectivity index (χ2n) is 4.14. The number of nitrogens with zero attached hydrogens (tertiary/aromatic N) is 2. The van der Waals surface area contributed by atoms with Crippen LogP contribution in [0.1, 0.15) is 24.7 Å². The first-order valence-electron chi connectivity index (χ1n) is 5.57. The van der Waals surface area contributed by atoms with Crippen molar-refractivity contribution in [1.29, 1.82) is 0 Å². The highest BCUT2D eigenvalue weighted by atomic mass is 16.3. The average molecular weight is 218 g/mol. The number of imidazole rings is 1. The third kappa shape index (κ3) is 1.58. The molecular formula is C11H14N4O. The summed E-state index contributed by atoms with van der Waals surface area (Å²) in [7, 11) is 0. The summed E-state index contributed by atoms with van der Waals surface area (Å²) in [4.78, 5) is 11.8. The fraction of sp³-hybridized carbons (Fsp3) is 0.455. The molecule has 3 N–H and O–H groups in total. The van der Waals surface area contributed by atoms with Crippen LogP contribution in [0.3, 0.4) is 0 Å². The maximum absolute atomic E-state index is 9.90. The standard InChI is InChI=1S/C11H14N4O/c16-8-4-2-5-12-9(8)11-14-7-3-1-6-13-10(7)15-11/h1,3,6,8-9,12,16H,2,4-5H2,(H,13,14,15). The largest absolute Gasteiger partial charge is 0.391 e. The molecule has 5 heteroatoms. The van der Waals surface area contributed by atoms with Gasteiger partial charge in [0.15, 0.2) is 5.65 Å². The van der Waals surface area contributed by atoms with Crippen LogP contribution < -0.4 is 5.32 Å². The van der Waals surface area contributed by atoms with Gasteiger partial charge in [-0.3, -0.25) is 0 Å². The number of aromatic amines is 1. The summed E-state index contributed by atoms with van der Waals surface area (Å²) in [6, 6.07) is 3.71. The minimum atomic E-state index is -0.366. The van der Waals surface area contributed by atoms with Gasteiger partial charge in [-0.1, -0.05) is 0 Å². The Morgan fingerprint density at radius 1 is 1.44 bits per heavy atom. The number of H-pyrrole nitrogens is 1. The number of aliphatic hydroxyl groups is 1. The number of nitrogens with one attached hydrogen (secondary N) is 2. The van der Waals surface area contributed by atoms with Crippen LogP contribution in [0, 0.1) is 0 Å². The van der Waals surface area contributed by atoms with Crippen molar-refractivity contribution in [3.8, 4) is 0 Å². The molecule has 2 aromatic heterocycles. The Labute approximate surface area is 92.9 Å². The highest BCUT2D eigenvalue weighted by Gasteiger charge is 2.26. The predicted molar refractivity (Wildman–Crippen MR) is 59.9 cm³/mol. The van der Waals surface area contributed by atoms with E-state index in [1.54, 1.807) is 6.20 Å². The van der Waals surface area contributed by atoms with Crippen molar-refractivity contribution < 1.29 is 5.11 Å². The molecule has 5 nitrogen and oxygen atoms in total. The van der Waals surface area contributed by atoms with E-state index in [4.69, 9.17) is 0 Å². The lowest BCUT2D eigenvalue weighted by molar-refractivity contribution is 0.0932. The van der Waals surface area contributed by atoms with Crippen molar-refractivity contribution >= 4 is 11.2 Å². The van der Waals surface area contributed by atoms with E-state index in [1.165, 1.54) is 0 Å². The summed E-state index contributed by atoms with van der Waals surface area (Å²) in [5, 5.41) is 13.2. The van der Waals surface area contributed by atoms with Crippen LogP contribution in [0.15, 0.2) is 18.3 Å². The monoisotopic (exact) mass is 218 g/mol. The topological polar surface area (TPSA) is 73.8 Å². The van der Waals surface area contributed by atoms with Crippen LogP contribution in [-0.4, -0.2) is 32.7 Å². The quantitative estimate of drug-likeness (QED) is 0.660. The van der Waals surface area contributed by atoms with Gasteiger partial charge in [-0.15, -0.1) is 0 Å². The number of hydrogen-bond donors (Lipinski definition) is 3. The lowest BCUT2D eigenvalue weighted by Gasteiger charge is -2.27. The molecule has 0 saturated carbocycles. The summed E-state index contributed by atoms with van der Waals surface area (Å²) in [6.45, 7) is 0.923. The molecule has 84 valence electrons. The maximum atomic E-state index is 9.90. The normalized spacial score (nSPS) is 26.1. The molecule has 1 aliphatic rings. The van der Waals surface area contributed by atoms with Crippen molar-refractivity contribution in [2.24, 2.45) is 0 Å². The molecule has 1 aliphatic heterocycles. The van der Waals surface area contributed by atoms with E-state index in [0.29, 0.717) is 5.65 Å². The van der Waals surface area contributed by atoms with Gasteiger partial charge in [-0.25, -0.2) is 9.97 Å². The molecule has 0 spiro atoms. The smallest absolute Gasteiger partial charge is 0.177 e. The lowest BCUT2D eigenvalue weighted by atomic mass is 10.0. The molecule has 3 rings (SSSR count). The number of aliphatic hydroxyl groups excluding tert-OH is 1. The molecule has 0 radical (unpaired) electrons. The molecule has 2 aromatic rings. The Kier molecular flexibility index (Phi) is 2.34. The molecule has 0 aliphatic carbocycles. The van der Waals surface area contributed by atoms with Crippen LogP contribution >= 0.6 is 0 Å². The maximum Gasteiger partial charge on any atom is 0.177 e. The molecule has 0 aromatic carbocycles. The molecular weight excluding hydrogens is 204 g/mol. The van der Waals surface area contributed by atoms with Crippen molar-refractivity contribution in [2.75, 3.05) is 6.54 Å². The number of aromatic nitrogens is 3. The number of piperidine rings is 1. The minimum absolute atomic E-state index is 0.0945. The molecule has 1 fully saturated rings. The highest BCUT2D eigenvalue weighted by molar-refractivity contribution is 5.70. The molecule has 0 amide bonds. The molecule has 0 bridgehead atoms. The van der Waals surface area contributed by atoms with Gasteiger partial charge in [0.05, 0.1) is 17.7 Å². The van der Waals surface area contributed by atoms with Gasteiger partial charge in [0.25, 0.3) is 0 Å². The lowest BCUT2D eigenvalue weighted by Crippen LogP contribution is -2.38. The van der Waals surface area contributed by atoms with Crippen molar-refractivity contribution in [1.82, 2.24) is 20.3 Å². The van der Waals surface area contributed by atoms with E-state index in [0.717, 1.165) is 30.7 Å². The van der Waals surface area contributed by atoms with Gasteiger partial charge >= 0.3 is 0 Å². The van der Waals surface area contributed by atoms with Gasteiger partial charge < -0.3 is 15.4 Å². The molecule has 2 unspecified atom stereocenters. The third-order valence-corrected chi connectivity index (χ3v) is 3.00. The van der Waals surface area contributed by atoms with E-state index in [9.17, 15) is 5.11 Å². The Hall–Kier alpha value is -1.46. The van der Waals surface area contributed by atoms with E-state index >= 15 is 0 Å². The minimum Gasteiger partial charge on any atom is -0.391 e. The van der Waals surface area contributed by atoms with Crippen LogP contribution in [0.4, 0.5) is 0 Å². The molecule has 1 saturated heterocycles. The van der Waals surface area contributed by atoms with Crippen molar-refractivity contribution in [3.05, 3.63) is 24.2 Å². The Balaban J connectivity index is 1.98. The Bertz CT molecular complexity index is 462. The SMILES string of the molecule is OC1CCCNC1c1nc2ncccc2[nH]1. The first-order chi connectivity index (χ1) is 7.84. The fourth-order valence-corrected chi connectivity index (χ4v) is 2.16. The van der Waals surface area contributed by atoms with Gasteiger partial charge in [0.1, 0.15) is 5.82 Å². The van der Waals surface area contributed by atoms with Crippen LogP contribution in [0.5, 0.6) is 0 Å². The molecule has 16 heavy (non-hydrogen) atoms. The average Bonchev–Trinajstić information content (AvgIpc) is 2.73. The molecule has 2 atom stereocenters. The van der Waals surface area contributed by atoms with Gasteiger partial charge in [0, 0.05) is 6.20 Å². The number of pyridine rings is 1. The first kappa shape index (κ1) is 9.74. The summed E-state index contributed by atoms with van der Waals surface area (Å²) in [5.41, 5.74) is 1.62. The fourth-order valence-electron chi connectivity index (χ4n) is 2.16. The van der Waals surface area contributed by atoms with E-state index < -0.39 is 0 Å². The van der Waals surface area contributed by atoms with E-state index in [2.05, 4.69) is 20.3 Å². The summed E-state index contributed by atoms with van der Waals surface area (Å²) < 4.78 is 0. The van der Waals surface area contributed by atoms with Crippen molar-refractivity contribution in [3.63, 3.8) is 0 Å². The van der Waals surface area contributed by atoms with Crippen LogP contribution in [0.25, 0.3) is 11.2 Å². The highest BCUT2D eigenvalue weighted by Crippen LogP contribution is 2.22. The van der Waals surface area contributed by atoms with Crippen LogP contribution in [-0.2, 0) is 0 Å². The summed E-state index contributed by atoms with van der Waals surface area (Å²) in [6.07, 6.45) is 3.19. The van der Waals surface area contributed by atoms with Gasteiger partial charge in [-0.05, 0) is 31.5 Å². The van der Waals surface area contributed by atoms with Gasteiger partial charge in [0.2, 0.25) is 0 Å². The second kappa shape index (κ2) is 3.84. The first-order valence-corrected chi connectivity index (χ1v) is 5.57. The zero-order valence-corrected chi connectivity index (χ0v) is 8.85. The van der Waals surface area contributed by atoms with Gasteiger partial charge in [-0.2, -0.15) is 0 Å². The van der Waals surface area contributed by atoms with E-state index in [-0.39, 0.29) is 12.1 Å². The van der Waals surface area contributed by atoms with Crippen LogP contribution in [0.2, 0.25) is 0 Å². The predicted octanol–water partition coefficient (Wildman–Crippen LogP) is 0.743. The second-order valence-corrected chi connectivity index (χ2v) is 4.14. The third-order valence-electron chi connectivity index (χ3n) is 3.00. The van der Waals surface area contributed by atoms with E-state index in [1.807, 2.05) is 12.1 Å². The molecule has 3 heterocycles. The Morgan fingerprint density at radius 2 is 2.38 bits per heavy atom.